The number of methoxy groups -OCH3 is 5. The van der Waals surface area contributed by atoms with Crippen molar-refractivity contribution in [1.29, 1.82) is 5.26 Å². The van der Waals surface area contributed by atoms with Crippen LogP contribution in [0.2, 0.25) is 0 Å². The predicted molar refractivity (Wildman–Crippen MR) is 540 cm³/mol. The summed E-state index contributed by atoms with van der Waals surface area (Å²) in [7, 11) is 7.85. The van der Waals surface area contributed by atoms with Gasteiger partial charge in [-0.25, -0.2) is 9.59 Å². The summed E-state index contributed by atoms with van der Waals surface area (Å²) < 4.78 is 22.2. The van der Waals surface area contributed by atoms with Gasteiger partial charge >= 0.3 is 186 Å². The Bertz CT molecular complexity index is 2870. The molecule has 3 aliphatic rings. The number of nitrogens with two attached hydrogens (primary N) is 4. The van der Waals surface area contributed by atoms with Gasteiger partial charge < -0.3 is 120 Å². The van der Waals surface area contributed by atoms with E-state index in [1.54, 1.807) is 39.5 Å². The number of ketones is 2. The van der Waals surface area contributed by atoms with Crippen molar-refractivity contribution in [2.45, 2.75) is 150 Å². The molecule has 0 aliphatic carbocycles. The number of carbonyl (C=O) groups is 12. The first-order valence-corrected chi connectivity index (χ1v) is 50.9. The Balaban J connectivity index is -0.000000122. The predicted octanol–water partition coefficient (Wildman–Crippen LogP) is -7.14. The Labute approximate surface area is 989 Å². The Morgan fingerprint density at radius 3 is 0.739 bits per heavy atom. The van der Waals surface area contributed by atoms with Gasteiger partial charge in [0.05, 0.1) is 58.2 Å². The van der Waals surface area contributed by atoms with Gasteiger partial charge in [0.25, 0.3) is 6.47 Å². The van der Waals surface area contributed by atoms with Crippen LogP contribution in [0.5, 0.6) is 0 Å². The van der Waals surface area contributed by atoms with Crippen molar-refractivity contribution in [3.05, 3.63) is 23.7 Å². The number of carboxylic acids is 4. The summed E-state index contributed by atoms with van der Waals surface area (Å²) in [4.78, 5) is 161. The minimum atomic E-state index is -1.16. The molecule has 0 bridgehead atoms. The Morgan fingerprint density at radius 1 is 0.457 bits per heavy atom. The quantitative estimate of drug-likeness (QED) is 0.00410. The van der Waals surface area contributed by atoms with Gasteiger partial charge in [0.2, 0.25) is 0 Å². The topological polar surface area (TPSA) is 623 Å². The number of rotatable bonds is 35. The number of likely N-dealkylation sites (N-methyl/N-ethyl adjacent to an activating group) is 2. The number of carbonyl (C=O) groups excluding carboxylic acids is 8. The summed E-state index contributed by atoms with van der Waals surface area (Å²) >= 11 is 40.3. The molecular formula is C81H158Br4Cl6K2N19NaO25. The van der Waals surface area contributed by atoms with Crippen molar-refractivity contribution in [3.63, 3.8) is 0 Å². The molecule has 18 N–H and O–H groups in total. The zero-order valence-electron chi connectivity index (χ0n) is 85.0. The van der Waals surface area contributed by atoms with Crippen LogP contribution in [0.1, 0.15) is 89.9 Å². The van der Waals surface area contributed by atoms with Crippen LogP contribution >= 0.6 is 130 Å². The van der Waals surface area contributed by atoms with Crippen LogP contribution in [-0.4, -0.2) is 479 Å². The average molecular weight is 2430 g/mol. The number of aliphatic carboxylic acids is 4. The molecule has 0 radical (unpaired) electrons. The molecule has 3 aliphatic heterocycles. The van der Waals surface area contributed by atoms with Crippen molar-refractivity contribution < 1.29 is 256 Å². The van der Waals surface area contributed by atoms with E-state index in [0.29, 0.717) is 78.3 Å². The minimum Gasteiger partial charge on any atom is -1.00 e. The van der Waals surface area contributed by atoms with Crippen molar-refractivity contribution in [1.82, 2.24) is 70.3 Å². The molecule has 3 fully saturated rings. The number of ether oxygens (including phenoxy) is 5. The van der Waals surface area contributed by atoms with Crippen LogP contribution in [0.3, 0.4) is 0 Å². The maximum atomic E-state index is 13.4. The molecule has 800 valence electrons. The molecule has 0 amide bonds. The zero-order chi connectivity index (χ0) is 105. The first-order chi connectivity index (χ1) is 63.5. The van der Waals surface area contributed by atoms with Gasteiger partial charge in [-0.15, -0.1) is 0 Å². The summed E-state index contributed by atoms with van der Waals surface area (Å²) in [5.41, 5.74) is 22.8. The molecule has 3 heterocycles. The van der Waals surface area contributed by atoms with Crippen molar-refractivity contribution in [3.8, 4) is 6.07 Å². The number of aliphatic hydroxyl groups excluding tert-OH is 1. The fraction of sp³-hybridized carbons (Fsp3) is 0.790. The number of aliphatic hydroxyl groups is 1. The van der Waals surface area contributed by atoms with E-state index in [1.807, 2.05) is 20.8 Å². The molecule has 57 heteroatoms. The molecule has 0 aromatic heterocycles. The number of hydrogen-bond donors (Lipinski definition) is 13. The summed E-state index contributed by atoms with van der Waals surface area (Å²) in [5, 5.41) is 74.8. The van der Waals surface area contributed by atoms with E-state index in [2.05, 4.69) is 171 Å². The number of Topliss-reactive ketones (excluding diaryl/α,β-unsaturated/α-hetero) is 2. The number of halogens is 10. The monoisotopic (exact) mass is 2420 g/mol. The van der Waals surface area contributed by atoms with Crippen LogP contribution in [0.25, 0.3) is 0 Å². The van der Waals surface area contributed by atoms with Gasteiger partial charge in [0.15, 0.2) is 8.59 Å². The largest absolute Gasteiger partial charge is 1.00 e. The average Bonchev–Trinajstić information content (AvgIpc) is 0.830. The van der Waals surface area contributed by atoms with Gasteiger partial charge in [0.1, 0.15) is 52.6 Å². The first-order valence-electron chi connectivity index (χ1n) is 42.9. The standard InChI is InChI=1S/C34H66N6O6.C20H40N8O8.C8H20N4.C5H9BrO2.C4H5BrO2.C4H6O2.C2H3N.2CHCl3.CH2O3.CH4O.Br2.2K.Na.H2O.H/c1-11-29(27(7)41)37-17-18-38(30(12-2)28(8)42)20-22-40(32(34(44)46-10)26-36(15-5)16-6)24-23-39(21-19-37)31(33(43)45-9)25-35(13-3)14-4;21-9-13(17(29)30)25-1-2-26(14(10-22)18(31)32)5-6-28(16(12-24)20(35)36)8-7-27(4-3-25)15(11-23)19(33)34;1-2-10-5-6-12-8-7-11-4-3-9-1;1-3-4(6)5(7)8-2;1-3(5)4(6)7-2;1-3-4(5)6-2;1-2-3;2*2-1(3)4;2-1-4-3;2*1-2;;;;;/h29-32H,11-26H2,1-10H3;13-16H,1-12,21-24H2,(H,29,30)(H,31,32)(H,33,34)(H,35,36);9-12H,1-8H2;4H,3H2,1-2H3;1H2,2H3;3H,1H2,2H3;1H3;2*1H;1,3H;2H,1H3;;;;;1H2;/q;;;;;;;;;;;;3*+1;;-1/p-2. The number of nitrogens with zero attached hydrogens (tertiary/aromatic N) is 11. The Kier molecular flexibility index (Phi) is 137. The van der Waals surface area contributed by atoms with Crippen LogP contribution in [0.15, 0.2) is 23.7 Å². The third-order valence-electron chi connectivity index (χ3n) is 19.8. The fourth-order valence-corrected chi connectivity index (χ4v) is 13.1. The van der Waals surface area contributed by atoms with Crippen molar-refractivity contribution in [2.24, 2.45) is 22.9 Å². The number of carboxylic acid groups (broad SMARTS) is 4. The fourth-order valence-electron chi connectivity index (χ4n) is 12.8. The molecule has 0 aromatic rings. The van der Waals surface area contributed by atoms with Crippen molar-refractivity contribution >= 4 is 201 Å². The summed E-state index contributed by atoms with van der Waals surface area (Å²) in [5.74, 6) is -6.03. The van der Waals surface area contributed by atoms with E-state index >= 15 is 0 Å². The van der Waals surface area contributed by atoms with E-state index in [4.69, 9.17) is 122 Å². The third-order valence-corrected chi connectivity index (χ3v) is 21.2. The molecule has 9 unspecified atom stereocenters. The number of nitriles is 1. The van der Waals surface area contributed by atoms with Gasteiger partial charge in [-0.05, 0) is 75.2 Å². The Morgan fingerprint density at radius 2 is 0.645 bits per heavy atom. The second kappa shape index (κ2) is 114. The molecule has 0 spiro atoms. The Hall–Kier alpha value is 0.103. The number of alkyl halides is 7. The van der Waals surface area contributed by atoms with E-state index in [-0.39, 0.29) is 275 Å². The first kappa shape index (κ1) is 166. The number of hydrogen-bond acceptors (Lipinski definition) is 40. The zero-order valence-corrected chi connectivity index (χ0v) is 103. The maximum Gasteiger partial charge on any atom is 1.00 e. The molecule has 138 heavy (non-hydrogen) atoms. The molecule has 0 saturated carbocycles. The van der Waals surface area contributed by atoms with Gasteiger partial charge in [0, 0.05) is 245 Å². The summed E-state index contributed by atoms with van der Waals surface area (Å²) in [6.45, 7) is 42.6. The van der Waals surface area contributed by atoms with E-state index < -0.39 is 80.7 Å². The third kappa shape index (κ3) is 89.0. The van der Waals surface area contributed by atoms with Crippen LogP contribution in [0.4, 0.5) is 0 Å². The smallest absolute Gasteiger partial charge is 1.00 e. The van der Waals surface area contributed by atoms with Gasteiger partial charge in [-0.3, -0.25) is 87.1 Å². The van der Waals surface area contributed by atoms with Gasteiger partial charge in [-0.1, -0.05) is 147 Å². The molecule has 3 rings (SSSR count). The normalized spacial score (nSPS) is 16.5. The maximum absolute atomic E-state index is 13.4. The molecule has 3 saturated heterocycles. The number of esters is 5. The SMILES string of the molecule is BrBr.C1CNCCNCCNCCN1.C=C(Br)C(=O)OC.C=CC(=O)OC.CC#N.CCC(Br)C(=O)OC.CCC(C(C)=O)N1CCN(C(CC)C(C)=O)CCN(C(CN(CC)CC)C(=O)OC)CCN(C(CN(CC)CC)C(=O)OC)CC1.CO.ClC(Cl)Cl.ClC(Cl)Cl.NCC(C(=O)O)N1CCN(C(CN)C(=O)O)CCN(C(CN)C(=O)O)CCN(C(CN)C(=O)O)CC1.O=CO[O-].[H-].[K+].[K+].[Na+].[OH-]. The van der Waals surface area contributed by atoms with E-state index in [9.17, 15) is 73.2 Å². The second-order valence-electron chi connectivity index (χ2n) is 27.7. The number of nitrogens with one attached hydrogen (secondary N) is 4. The van der Waals surface area contributed by atoms with Crippen LogP contribution < -0.4 is 182 Å². The second-order valence-corrected chi connectivity index (χ2v) is 33.7. The molecule has 9 atom stereocenters. The van der Waals surface area contributed by atoms with E-state index in [1.165, 1.54) is 42.5 Å². The molecule has 44 nitrogen and oxygen atoms in total. The van der Waals surface area contributed by atoms with Crippen molar-refractivity contribution in [2.75, 3.05) is 265 Å². The molecular weight excluding hydrogens is 2270 g/mol. The summed E-state index contributed by atoms with van der Waals surface area (Å²) in [6, 6.07) is -4.09. The summed E-state index contributed by atoms with van der Waals surface area (Å²) in [6.07, 6.45) is 3.24. The molecule has 0 aromatic carbocycles. The van der Waals surface area contributed by atoms with Crippen LogP contribution in [-0.2, 0) is 86.1 Å². The minimum absolute atomic E-state index is 0. The van der Waals surface area contributed by atoms with Gasteiger partial charge in [-0.2, -0.15) is 5.26 Å². The van der Waals surface area contributed by atoms with E-state index in [0.717, 1.165) is 98.1 Å². The van der Waals surface area contributed by atoms with Crippen LogP contribution in [0, 0.1) is 11.3 Å².